The first-order valence-electron chi connectivity index (χ1n) is 4.97. The number of aldehydes is 1. The Morgan fingerprint density at radius 3 is 2.50 bits per heavy atom. The molecule has 1 heterocycles. The second-order valence-corrected chi connectivity index (χ2v) is 3.88. The van der Waals surface area contributed by atoms with Crippen molar-refractivity contribution in [3.05, 3.63) is 39.9 Å². The Balaban J connectivity index is 2.33. The van der Waals surface area contributed by atoms with E-state index in [0.717, 1.165) is 11.8 Å². The van der Waals surface area contributed by atoms with E-state index in [0.29, 0.717) is 19.6 Å². The minimum atomic E-state index is -0.616. The van der Waals surface area contributed by atoms with Crippen molar-refractivity contribution in [1.29, 1.82) is 0 Å². The smallest absolute Gasteiger partial charge is 0.269 e. The standard InChI is InChI=1S/C11H11NO4/c13-7-11(5-6-16-8-11)9-1-3-10(4-2-9)12(14)15/h1-4,7H,5-6,8H2. The molecular weight excluding hydrogens is 210 g/mol. The molecule has 0 aromatic heterocycles. The second-order valence-electron chi connectivity index (χ2n) is 3.88. The molecule has 0 spiro atoms. The quantitative estimate of drug-likeness (QED) is 0.440. The van der Waals surface area contributed by atoms with Crippen LogP contribution in [-0.4, -0.2) is 24.4 Å². The lowest BCUT2D eigenvalue weighted by atomic mass is 9.81. The number of hydrogen-bond acceptors (Lipinski definition) is 4. The highest BCUT2D eigenvalue weighted by atomic mass is 16.6. The van der Waals surface area contributed by atoms with E-state index < -0.39 is 10.3 Å². The monoisotopic (exact) mass is 221 g/mol. The van der Waals surface area contributed by atoms with Crippen LogP contribution in [0.25, 0.3) is 0 Å². The fraction of sp³-hybridized carbons (Fsp3) is 0.364. The highest BCUT2D eigenvalue weighted by Gasteiger charge is 2.36. The average molecular weight is 221 g/mol. The van der Waals surface area contributed by atoms with E-state index in [9.17, 15) is 14.9 Å². The Morgan fingerprint density at radius 2 is 2.06 bits per heavy atom. The Hall–Kier alpha value is -1.75. The zero-order chi connectivity index (χ0) is 11.6. The van der Waals surface area contributed by atoms with Gasteiger partial charge >= 0.3 is 0 Å². The van der Waals surface area contributed by atoms with Crippen LogP contribution in [-0.2, 0) is 14.9 Å². The lowest BCUT2D eigenvalue weighted by molar-refractivity contribution is -0.384. The van der Waals surface area contributed by atoms with Gasteiger partial charge in [-0.3, -0.25) is 10.1 Å². The van der Waals surface area contributed by atoms with Crippen molar-refractivity contribution in [2.45, 2.75) is 11.8 Å². The van der Waals surface area contributed by atoms with Gasteiger partial charge in [-0.15, -0.1) is 0 Å². The summed E-state index contributed by atoms with van der Waals surface area (Å²) in [6.45, 7) is 0.907. The highest BCUT2D eigenvalue weighted by molar-refractivity contribution is 5.69. The summed E-state index contributed by atoms with van der Waals surface area (Å²) in [7, 11) is 0. The molecule has 5 heteroatoms. The third-order valence-corrected chi connectivity index (χ3v) is 2.93. The van der Waals surface area contributed by atoms with Crippen molar-refractivity contribution in [3.63, 3.8) is 0 Å². The van der Waals surface area contributed by atoms with Crippen LogP contribution in [0.2, 0.25) is 0 Å². The van der Waals surface area contributed by atoms with Crippen LogP contribution in [0.15, 0.2) is 24.3 Å². The fourth-order valence-electron chi connectivity index (χ4n) is 1.88. The molecule has 1 aliphatic rings. The molecule has 1 saturated heterocycles. The zero-order valence-electron chi connectivity index (χ0n) is 8.59. The fourth-order valence-corrected chi connectivity index (χ4v) is 1.88. The minimum absolute atomic E-state index is 0.0312. The molecule has 0 amide bonds. The van der Waals surface area contributed by atoms with Crippen LogP contribution in [0.1, 0.15) is 12.0 Å². The lowest BCUT2D eigenvalue weighted by Gasteiger charge is -2.19. The third kappa shape index (κ3) is 1.69. The van der Waals surface area contributed by atoms with Crippen molar-refractivity contribution < 1.29 is 14.5 Å². The topological polar surface area (TPSA) is 69.4 Å². The second kappa shape index (κ2) is 4.02. The molecule has 0 radical (unpaired) electrons. The van der Waals surface area contributed by atoms with Crippen molar-refractivity contribution in [2.24, 2.45) is 0 Å². The van der Waals surface area contributed by atoms with Crippen molar-refractivity contribution in [2.75, 3.05) is 13.2 Å². The molecule has 1 aromatic rings. The first-order valence-corrected chi connectivity index (χ1v) is 4.97. The van der Waals surface area contributed by atoms with Gasteiger partial charge in [-0.25, -0.2) is 0 Å². The summed E-state index contributed by atoms with van der Waals surface area (Å²) < 4.78 is 5.22. The van der Waals surface area contributed by atoms with Crippen LogP contribution in [0.3, 0.4) is 0 Å². The van der Waals surface area contributed by atoms with Crippen LogP contribution < -0.4 is 0 Å². The molecule has 84 valence electrons. The van der Waals surface area contributed by atoms with Gasteiger partial charge < -0.3 is 9.53 Å². The first kappa shape index (κ1) is 10.8. The number of nitro benzene ring substituents is 1. The summed E-state index contributed by atoms with van der Waals surface area (Å²) in [5.74, 6) is 0. The molecule has 5 nitrogen and oxygen atoms in total. The normalized spacial score (nSPS) is 24.2. The Morgan fingerprint density at radius 1 is 1.38 bits per heavy atom. The van der Waals surface area contributed by atoms with Gasteiger partial charge in [-0.2, -0.15) is 0 Å². The molecule has 1 unspecified atom stereocenters. The summed E-state index contributed by atoms with van der Waals surface area (Å²) in [6.07, 6.45) is 1.51. The van der Waals surface area contributed by atoms with Gasteiger partial charge in [0.25, 0.3) is 5.69 Å². The lowest BCUT2D eigenvalue weighted by Crippen LogP contribution is -2.28. The van der Waals surface area contributed by atoms with Crippen LogP contribution in [0.5, 0.6) is 0 Å². The van der Waals surface area contributed by atoms with Crippen LogP contribution in [0, 0.1) is 10.1 Å². The van der Waals surface area contributed by atoms with Gasteiger partial charge in [0, 0.05) is 18.7 Å². The summed E-state index contributed by atoms with van der Waals surface area (Å²) in [4.78, 5) is 21.2. The molecule has 1 fully saturated rings. The Kier molecular flexibility index (Phi) is 2.70. The number of nitro groups is 1. The number of nitrogens with zero attached hydrogens (tertiary/aromatic N) is 1. The number of non-ortho nitro benzene ring substituents is 1. The third-order valence-electron chi connectivity index (χ3n) is 2.93. The van der Waals surface area contributed by atoms with Gasteiger partial charge in [0.15, 0.2) is 0 Å². The number of ether oxygens (including phenoxy) is 1. The van der Waals surface area contributed by atoms with Gasteiger partial charge in [-0.1, -0.05) is 12.1 Å². The molecule has 1 aliphatic heterocycles. The molecule has 0 N–H and O–H groups in total. The van der Waals surface area contributed by atoms with E-state index in [2.05, 4.69) is 0 Å². The van der Waals surface area contributed by atoms with E-state index in [-0.39, 0.29) is 5.69 Å². The molecule has 0 aliphatic carbocycles. The van der Waals surface area contributed by atoms with Gasteiger partial charge in [-0.05, 0) is 12.0 Å². The summed E-state index contributed by atoms with van der Waals surface area (Å²) in [5.41, 5.74) is 0.198. The van der Waals surface area contributed by atoms with Crippen LogP contribution in [0.4, 0.5) is 5.69 Å². The predicted octanol–water partition coefficient (Wildman–Crippen LogP) is 1.45. The number of benzene rings is 1. The van der Waals surface area contributed by atoms with E-state index in [1.807, 2.05) is 0 Å². The van der Waals surface area contributed by atoms with E-state index in [1.54, 1.807) is 12.1 Å². The Labute approximate surface area is 92.2 Å². The molecule has 2 rings (SSSR count). The maximum absolute atomic E-state index is 11.1. The zero-order valence-corrected chi connectivity index (χ0v) is 8.59. The molecule has 1 aromatic carbocycles. The van der Waals surface area contributed by atoms with E-state index in [4.69, 9.17) is 4.74 Å². The molecule has 16 heavy (non-hydrogen) atoms. The largest absolute Gasteiger partial charge is 0.380 e. The maximum atomic E-state index is 11.1. The minimum Gasteiger partial charge on any atom is -0.380 e. The highest BCUT2D eigenvalue weighted by Crippen LogP contribution is 2.31. The van der Waals surface area contributed by atoms with Crippen LogP contribution >= 0.6 is 0 Å². The van der Waals surface area contributed by atoms with Crippen molar-refractivity contribution in [3.8, 4) is 0 Å². The van der Waals surface area contributed by atoms with Crippen molar-refractivity contribution in [1.82, 2.24) is 0 Å². The SMILES string of the molecule is O=CC1(c2ccc([N+](=O)[O-])cc2)CCOC1. The summed E-state index contributed by atoms with van der Waals surface area (Å²) >= 11 is 0. The number of carbonyl (C=O) groups excluding carboxylic acids is 1. The van der Waals surface area contributed by atoms with Crippen molar-refractivity contribution >= 4 is 12.0 Å². The Bertz CT molecular complexity index is 406. The molecule has 0 saturated carbocycles. The average Bonchev–Trinajstić information content (AvgIpc) is 2.79. The predicted molar refractivity (Wildman–Crippen MR) is 56.3 cm³/mol. The number of rotatable bonds is 3. The number of carbonyl (C=O) groups is 1. The molecule has 0 bridgehead atoms. The molecule has 1 atom stereocenters. The summed E-state index contributed by atoms with van der Waals surface area (Å²) in [6, 6.07) is 6.08. The van der Waals surface area contributed by atoms with Gasteiger partial charge in [0.2, 0.25) is 0 Å². The van der Waals surface area contributed by atoms with Gasteiger partial charge in [0.1, 0.15) is 6.29 Å². The maximum Gasteiger partial charge on any atom is 0.269 e. The molecular formula is C11H11NO4. The van der Waals surface area contributed by atoms with E-state index in [1.165, 1.54) is 12.1 Å². The first-order chi connectivity index (χ1) is 7.68. The van der Waals surface area contributed by atoms with Gasteiger partial charge in [0.05, 0.1) is 16.9 Å². The summed E-state index contributed by atoms with van der Waals surface area (Å²) in [5, 5.41) is 10.5. The van der Waals surface area contributed by atoms with E-state index >= 15 is 0 Å². The number of hydrogen-bond donors (Lipinski definition) is 0.